The van der Waals surface area contributed by atoms with E-state index >= 15 is 38.4 Å². The van der Waals surface area contributed by atoms with Crippen LogP contribution >= 0.6 is 11.8 Å². The number of aliphatic hydroxyl groups excluding tert-OH is 2. The number of aromatic hydroxyl groups is 1. The van der Waals surface area contributed by atoms with Crippen molar-refractivity contribution >= 4 is 134 Å². The summed E-state index contributed by atoms with van der Waals surface area (Å²) in [7, 11) is 2.72. The number of benzene rings is 3. The molecule has 6 aromatic rings. The predicted molar refractivity (Wildman–Crippen MR) is 487 cm³/mol. The van der Waals surface area contributed by atoms with Gasteiger partial charge in [0, 0.05) is 118 Å². The molecule has 4 aliphatic heterocycles. The Morgan fingerprint density at radius 2 is 1.06 bits per heavy atom. The molecule has 0 spiro atoms. The van der Waals surface area contributed by atoms with E-state index in [0.29, 0.717) is 69.9 Å². The maximum Gasteiger partial charge on any atom is 0.246 e. The van der Waals surface area contributed by atoms with Crippen molar-refractivity contribution in [3.8, 4) is 5.75 Å². The van der Waals surface area contributed by atoms with Crippen LogP contribution in [0.1, 0.15) is 140 Å². The quantitative estimate of drug-likeness (QED) is 0.0277. The first-order chi connectivity index (χ1) is 63.6. The van der Waals surface area contributed by atoms with Crippen molar-refractivity contribution in [1.29, 1.82) is 0 Å². The zero-order valence-corrected chi connectivity index (χ0v) is 76.3. The highest BCUT2D eigenvalue weighted by Crippen LogP contribution is 2.29. The van der Waals surface area contributed by atoms with Gasteiger partial charge in [-0.2, -0.15) is 0 Å². The average molecular weight is 1870 g/mol. The summed E-state index contributed by atoms with van der Waals surface area (Å²) in [5, 5.41) is 60.8. The van der Waals surface area contributed by atoms with Crippen molar-refractivity contribution in [3.63, 3.8) is 0 Å². The number of aliphatic hydroxyl groups is 2. The number of H-pyrrole nitrogens is 3. The molecule has 0 saturated carbocycles. The van der Waals surface area contributed by atoms with E-state index in [1.54, 1.807) is 74.8 Å². The molecule has 22 N–H and O–H groups in total. The number of phenolic OH excluding ortho intramolecular Hbond substituents is 1. The smallest absolute Gasteiger partial charge is 0.246 e. The van der Waals surface area contributed by atoms with Crippen LogP contribution < -0.4 is 70.4 Å². The first-order valence-corrected chi connectivity index (χ1v) is 46.2. The minimum atomic E-state index is -1.88. The molecular formula is C90H124N22O20S. The number of nitrogens with one attached hydrogen (secondary N) is 13. The van der Waals surface area contributed by atoms with E-state index in [1.807, 2.05) is 13.8 Å². The van der Waals surface area contributed by atoms with Gasteiger partial charge in [0.15, 0.2) is 0 Å². The van der Waals surface area contributed by atoms with Crippen LogP contribution in [0, 0.1) is 5.92 Å². The molecule has 3 aromatic heterocycles. The zero-order chi connectivity index (χ0) is 96.4. The molecule has 4 aliphatic rings. The number of nitrogens with zero attached hydrogens (tertiary/aromatic N) is 6. The van der Waals surface area contributed by atoms with Crippen LogP contribution in [0.5, 0.6) is 5.75 Å². The summed E-state index contributed by atoms with van der Waals surface area (Å²) in [5.74, 6) is -17.0. The van der Waals surface area contributed by atoms with Gasteiger partial charge in [-0.15, -0.1) is 11.8 Å². The van der Waals surface area contributed by atoms with Gasteiger partial charge in [0.05, 0.1) is 37.8 Å². The SMILES string of the molecule is CCCC[C@H]1C(=O)N(C)[C@@H](CCCC)C(=O)N[C@@H](CCCN)C(=O)N[C@H](C(=O)NCC(N)=O)CSCC(=O)N[C@@H](Cc2ccc(O)cc2)C(=O)N2CC[C@H]2C(=O)N[C@@H](CC(N)=O)C(=O)N2CCC[C@H]2C(=O)N[C@@H](Cc2cnc[nH]2)C(=O)N[C@@H](CC(C)C)C(=O)N2C[C@H](O)C[C@H]2C(=O)N[C@@H](Cc2c[nH]c3ccccc23)C(=O)N[C@@H](CO)C(=O)N[C@@H](Cc2c[nH]c3ccccc23)C(=O)N1C. The van der Waals surface area contributed by atoms with Crippen molar-refractivity contribution < 1.29 is 96.8 Å². The molecule has 4 fully saturated rings. The van der Waals surface area contributed by atoms with E-state index < -0.39 is 229 Å². The van der Waals surface area contributed by atoms with Gasteiger partial charge >= 0.3 is 0 Å². The molecule has 10 rings (SSSR count). The van der Waals surface area contributed by atoms with Gasteiger partial charge in [0.1, 0.15) is 90.3 Å². The summed E-state index contributed by atoms with van der Waals surface area (Å²) in [6, 6.07) is -1.51. The Morgan fingerprint density at radius 3 is 1.65 bits per heavy atom. The fourth-order valence-electron chi connectivity index (χ4n) is 17.1. The highest BCUT2D eigenvalue weighted by atomic mass is 32.2. The maximum atomic E-state index is 15.7. The van der Waals surface area contributed by atoms with E-state index in [-0.39, 0.29) is 115 Å². The monoisotopic (exact) mass is 1860 g/mol. The van der Waals surface area contributed by atoms with Crippen molar-refractivity contribution in [2.24, 2.45) is 23.1 Å². The molecule has 0 unspecified atom stereocenters. The minimum absolute atomic E-state index is 0.00191. The number of aromatic amines is 3. The Balaban J connectivity index is 1.01. The third-order valence-corrected chi connectivity index (χ3v) is 25.4. The fraction of sp³-hybridized carbons (Fsp3) is 0.533. The van der Waals surface area contributed by atoms with Crippen LogP contribution in [-0.4, -0.2) is 316 Å². The zero-order valence-electron chi connectivity index (χ0n) is 75.5. The summed E-state index contributed by atoms with van der Waals surface area (Å²) in [6.45, 7) is 4.80. The van der Waals surface area contributed by atoms with E-state index in [0.717, 1.165) is 31.4 Å². The molecule has 0 bridgehead atoms. The molecule has 3 aromatic carbocycles. The number of nitrogens with two attached hydrogens (primary N) is 3. The third-order valence-electron chi connectivity index (χ3n) is 24.3. The fourth-order valence-corrected chi connectivity index (χ4v) is 17.9. The Morgan fingerprint density at radius 1 is 0.534 bits per heavy atom. The van der Waals surface area contributed by atoms with Gasteiger partial charge < -0.3 is 125 Å². The van der Waals surface area contributed by atoms with Crippen LogP contribution in [0.2, 0.25) is 0 Å². The molecule has 720 valence electrons. The minimum Gasteiger partial charge on any atom is -0.508 e. The number of aromatic nitrogens is 4. The lowest BCUT2D eigenvalue weighted by Gasteiger charge is -2.42. The summed E-state index contributed by atoms with van der Waals surface area (Å²) in [6.07, 6.45) is 4.18. The Bertz CT molecular complexity index is 5150. The van der Waals surface area contributed by atoms with Crippen molar-refractivity contribution in [3.05, 3.63) is 120 Å². The number of phenols is 1. The third kappa shape index (κ3) is 27.3. The second kappa shape index (κ2) is 48.4. The largest absolute Gasteiger partial charge is 0.508 e. The lowest BCUT2D eigenvalue weighted by molar-refractivity contribution is -0.151. The Hall–Kier alpha value is -13.0. The number of likely N-dealkylation sites (N-methyl/N-ethyl adjacent to an activating group) is 2. The summed E-state index contributed by atoms with van der Waals surface area (Å²) in [4.78, 5) is 269. The topological polar surface area (TPSA) is 626 Å². The number of primary amides is 2. The Kier molecular flexibility index (Phi) is 37.1. The number of carbonyl (C=O) groups excluding carboxylic acids is 17. The standard InChI is InChI=1S/C90H124N22O20S/c1-7-9-22-69-82(124)100-60(21-15-30-91)78(120)107-68(77(119)97-43-75(93)117)46-133-47-76(118)99-64(34-50-25-27-54(114)28-26-50)87(129)111-32-29-71(111)84(126)105-66(39-74(92)116)88(130)110-31-16-24-70(110)83(125)102-62(37-53-42-94-48-98-53)80(122)103-63(33-49(3)4)89(131)112-44-55(115)38-73(112)85(127)101-61(35-51-40-95-58-19-13-11-17-56(51)58)79(121)106-67(45-113)81(123)104-65(36-52-41-96-59-20-14-12-18-57(52)59)86(128)109(6)72(23-10-8-2)90(132)108(69)5/h11-14,17-20,25-28,40-42,48-49,55,60-73,95-96,113-115H,7-10,15-16,21-24,29-39,43-47,91H2,1-6H3,(H2,92,116)(H2,93,117)(H,94,98)(H,97,119)(H,99,118)(H,100,124)(H,101,127)(H,102,125)(H,103,122)(H,104,123)(H,105,126)(H,106,121)(H,107,120)/t55-,60+,61+,62+,63+,64+,65+,66+,67+,68+,69+,70+,71+,72+,73+/m1/s1. The number of hydrogen-bond acceptors (Lipinski definition) is 23. The highest BCUT2D eigenvalue weighted by Gasteiger charge is 2.48. The van der Waals surface area contributed by atoms with Crippen LogP contribution in [0.3, 0.4) is 0 Å². The first-order valence-electron chi connectivity index (χ1n) is 45.0. The van der Waals surface area contributed by atoms with Gasteiger partial charge in [0.25, 0.3) is 0 Å². The lowest BCUT2D eigenvalue weighted by atomic mass is 9.97. The average Bonchev–Trinajstić information content (AvgIpc) is 1.79. The Labute approximate surface area is 772 Å². The molecule has 15 atom stereocenters. The van der Waals surface area contributed by atoms with Crippen LogP contribution in [0.4, 0.5) is 0 Å². The maximum absolute atomic E-state index is 15.7. The lowest BCUT2D eigenvalue weighted by Crippen LogP contribution is -2.65. The summed E-state index contributed by atoms with van der Waals surface area (Å²) >= 11 is 0.795. The molecular weight excluding hydrogens is 1740 g/mol. The molecule has 42 nitrogen and oxygen atoms in total. The molecule has 4 saturated heterocycles. The predicted octanol–water partition coefficient (Wildman–Crippen LogP) is -2.70. The van der Waals surface area contributed by atoms with Gasteiger partial charge in [-0.3, -0.25) is 81.5 Å². The second-order valence-electron chi connectivity index (χ2n) is 34.6. The van der Waals surface area contributed by atoms with Crippen LogP contribution in [-0.2, 0) is 107 Å². The second-order valence-corrected chi connectivity index (χ2v) is 35.7. The molecule has 7 heterocycles. The number of thioether (sulfide) groups is 1. The first kappa shape index (κ1) is 102. The number of imidazole rings is 1. The van der Waals surface area contributed by atoms with Crippen LogP contribution in [0.15, 0.2) is 97.7 Å². The van der Waals surface area contributed by atoms with Crippen LogP contribution in [0.25, 0.3) is 21.8 Å². The highest BCUT2D eigenvalue weighted by molar-refractivity contribution is 8.00. The van der Waals surface area contributed by atoms with E-state index in [2.05, 4.69) is 73.1 Å². The summed E-state index contributed by atoms with van der Waals surface area (Å²) in [5.41, 5.74) is 20.2. The molecule has 43 heteroatoms. The van der Waals surface area contributed by atoms with Gasteiger partial charge in [-0.05, 0) is 105 Å². The summed E-state index contributed by atoms with van der Waals surface area (Å²) < 4.78 is 0. The van der Waals surface area contributed by atoms with Gasteiger partial charge in [0.2, 0.25) is 100 Å². The number of hydrogen-bond donors (Lipinski definition) is 19. The van der Waals surface area contributed by atoms with Gasteiger partial charge in [-0.1, -0.05) is 102 Å². The number of unbranched alkanes of at least 4 members (excludes halogenated alkanes) is 2. The molecule has 17 amide bonds. The van der Waals surface area contributed by atoms with Crippen molar-refractivity contribution in [2.45, 2.75) is 234 Å². The molecule has 0 aliphatic carbocycles. The number of carbonyl (C=O) groups is 17. The number of amides is 17. The number of rotatable bonds is 25. The number of fused-ring (bicyclic) bond motifs is 5. The van der Waals surface area contributed by atoms with E-state index in [4.69, 9.17) is 17.2 Å². The van der Waals surface area contributed by atoms with E-state index in [9.17, 15) is 58.5 Å². The number of para-hydroxylation sites is 2. The molecule has 0 radical (unpaired) electrons. The molecule has 133 heavy (non-hydrogen) atoms. The van der Waals surface area contributed by atoms with Gasteiger partial charge in [-0.25, -0.2) is 4.98 Å². The van der Waals surface area contributed by atoms with Crippen molar-refractivity contribution in [1.82, 2.24) is 97.6 Å². The van der Waals surface area contributed by atoms with E-state index in [1.165, 1.54) is 55.8 Å². The van der Waals surface area contributed by atoms with Crippen molar-refractivity contribution in [2.75, 3.05) is 64.9 Å². The normalized spacial score (nSPS) is 25.3.